The molecule has 6 rings (SSSR count). The molecule has 6 aromatic rings. The predicted octanol–water partition coefficient (Wildman–Crippen LogP) is 11.9. The first-order valence-electron chi connectivity index (χ1n) is 14.1. The van der Waals surface area contributed by atoms with Crippen LogP contribution in [0.5, 0.6) is 0 Å². The second-order valence-corrected chi connectivity index (χ2v) is 12.7. The van der Waals surface area contributed by atoms with Gasteiger partial charge in [-0.1, -0.05) is 94.5 Å². The predicted molar refractivity (Wildman–Crippen MR) is 169 cm³/mol. The largest absolute Gasteiger partial charge is 0.134 e. The van der Waals surface area contributed by atoms with E-state index >= 15 is 0 Å². The molecule has 2 heterocycles. The highest BCUT2D eigenvalue weighted by atomic mass is 32.1. The normalized spacial score (nSPS) is 11.9. The third-order valence-electron chi connectivity index (χ3n) is 7.78. The molecule has 2 aromatic heterocycles. The number of rotatable bonds is 10. The molecule has 2 heteroatoms. The van der Waals surface area contributed by atoms with Crippen molar-refractivity contribution in [3.8, 4) is 11.1 Å². The molecule has 0 aliphatic rings. The number of hydrogen-bond donors (Lipinski definition) is 0. The zero-order chi connectivity index (χ0) is 25.2. The number of benzene rings is 4. The summed E-state index contributed by atoms with van der Waals surface area (Å²) in [5, 5.41) is 5.58. The fourth-order valence-corrected chi connectivity index (χ4v) is 8.23. The molecule has 4 aromatic carbocycles. The van der Waals surface area contributed by atoms with Crippen LogP contribution < -0.4 is 0 Å². The van der Waals surface area contributed by atoms with E-state index < -0.39 is 0 Å². The van der Waals surface area contributed by atoms with Crippen LogP contribution >= 0.6 is 22.7 Å². The van der Waals surface area contributed by atoms with Gasteiger partial charge in [0.1, 0.15) is 0 Å². The highest BCUT2D eigenvalue weighted by molar-refractivity contribution is 7.36. The number of hydrogen-bond acceptors (Lipinski definition) is 2. The summed E-state index contributed by atoms with van der Waals surface area (Å²) in [7, 11) is 0. The molecule has 0 radical (unpaired) electrons. The molecule has 0 aliphatic heterocycles. The third-order valence-corrected chi connectivity index (χ3v) is 10.3. The van der Waals surface area contributed by atoms with E-state index in [-0.39, 0.29) is 0 Å². The van der Waals surface area contributed by atoms with Crippen LogP contribution in [0.2, 0.25) is 0 Å². The summed E-state index contributed by atoms with van der Waals surface area (Å²) < 4.78 is 5.71. The Kier molecular flexibility index (Phi) is 7.31. The summed E-state index contributed by atoms with van der Waals surface area (Å²) in [6.45, 7) is 4.55. The maximum absolute atomic E-state index is 2.45. The highest BCUT2D eigenvalue weighted by Crippen LogP contribution is 2.46. The van der Waals surface area contributed by atoms with Crippen LogP contribution in [0.4, 0.5) is 0 Å². The fraction of sp³-hybridized carbons (Fsp3) is 0.314. The maximum atomic E-state index is 2.45. The van der Waals surface area contributed by atoms with Crippen LogP contribution in [0.15, 0.2) is 72.8 Å². The van der Waals surface area contributed by atoms with Gasteiger partial charge in [0.05, 0.1) is 9.40 Å². The maximum Gasteiger partial charge on any atom is 0.0542 e. The molecule has 0 unspecified atom stereocenters. The Hall–Kier alpha value is -2.68. The quantitative estimate of drug-likeness (QED) is 0.158. The second kappa shape index (κ2) is 11.0. The van der Waals surface area contributed by atoms with Crippen molar-refractivity contribution < 1.29 is 0 Å². The molecule has 0 N–H and O–H groups in total. The smallest absolute Gasteiger partial charge is 0.0542 e. The average Bonchev–Trinajstić information content (AvgIpc) is 3.46. The Labute approximate surface area is 229 Å². The molecule has 0 bridgehead atoms. The number of aryl methyl sites for hydroxylation is 2. The molecule has 0 saturated carbocycles. The van der Waals surface area contributed by atoms with Gasteiger partial charge in [0, 0.05) is 20.2 Å². The van der Waals surface area contributed by atoms with E-state index in [9.17, 15) is 0 Å². The van der Waals surface area contributed by atoms with Crippen molar-refractivity contribution in [2.45, 2.75) is 71.6 Å². The molecule has 37 heavy (non-hydrogen) atoms. The van der Waals surface area contributed by atoms with Gasteiger partial charge in [-0.2, -0.15) is 0 Å². The first-order chi connectivity index (χ1) is 18.2. The van der Waals surface area contributed by atoms with Gasteiger partial charge in [0.15, 0.2) is 0 Å². The lowest BCUT2D eigenvalue weighted by Gasteiger charge is -2.05. The first-order valence-corrected chi connectivity index (χ1v) is 15.8. The van der Waals surface area contributed by atoms with Crippen molar-refractivity contribution in [3.63, 3.8) is 0 Å². The van der Waals surface area contributed by atoms with Crippen LogP contribution in [0.1, 0.15) is 69.9 Å². The van der Waals surface area contributed by atoms with Crippen molar-refractivity contribution in [2.24, 2.45) is 0 Å². The Balaban J connectivity index is 1.34. The Bertz CT molecular complexity index is 1660. The van der Waals surface area contributed by atoms with Crippen LogP contribution in [0, 0.1) is 0 Å². The summed E-state index contributed by atoms with van der Waals surface area (Å²) in [4.78, 5) is 0. The Morgan fingerprint density at radius 2 is 1.14 bits per heavy atom. The van der Waals surface area contributed by atoms with E-state index in [0.29, 0.717) is 0 Å². The van der Waals surface area contributed by atoms with E-state index in [2.05, 4.69) is 86.6 Å². The van der Waals surface area contributed by atoms with Gasteiger partial charge in [-0.3, -0.25) is 0 Å². The molecule has 0 amide bonds. The Morgan fingerprint density at radius 1 is 0.486 bits per heavy atom. The van der Waals surface area contributed by atoms with Crippen molar-refractivity contribution in [1.29, 1.82) is 0 Å². The summed E-state index contributed by atoms with van der Waals surface area (Å²) in [6, 6.07) is 28.3. The van der Waals surface area contributed by atoms with Gasteiger partial charge >= 0.3 is 0 Å². The van der Waals surface area contributed by atoms with Gasteiger partial charge in [-0.25, -0.2) is 0 Å². The molecule has 0 atom stereocenters. The standard InChI is InChI=1S/C35H36S2/c1-3-5-7-9-11-25-14-17-28-23-33-31(22-29(28)20-25)35-34(37-33)30-21-27(18-19-32(30)36-35)26-15-12-24(13-16-26)10-8-6-4-2/h12-23H,3-11H2,1-2H3. The van der Waals surface area contributed by atoms with Gasteiger partial charge < -0.3 is 0 Å². The van der Waals surface area contributed by atoms with Crippen molar-refractivity contribution in [2.75, 3.05) is 0 Å². The van der Waals surface area contributed by atoms with Crippen molar-refractivity contribution >= 4 is 63.0 Å². The Morgan fingerprint density at radius 3 is 1.95 bits per heavy atom. The molecule has 0 fully saturated rings. The lowest BCUT2D eigenvalue weighted by atomic mass is 10.0. The first kappa shape index (κ1) is 24.6. The lowest BCUT2D eigenvalue weighted by Crippen LogP contribution is -1.86. The number of thiophene rings is 2. The molecule has 0 saturated heterocycles. The monoisotopic (exact) mass is 520 g/mol. The zero-order valence-electron chi connectivity index (χ0n) is 22.1. The van der Waals surface area contributed by atoms with Crippen LogP contribution in [-0.4, -0.2) is 0 Å². The summed E-state index contributed by atoms with van der Waals surface area (Å²) in [5.74, 6) is 0. The minimum Gasteiger partial charge on any atom is -0.134 e. The van der Waals surface area contributed by atoms with E-state index in [1.165, 1.54) is 120 Å². The lowest BCUT2D eigenvalue weighted by molar-refractivity contribution is 0.667. The van der Waals surface area contributed by atoms with Crippen molar-refractivity contribution in [3.05, 3.63) is 83.9 Å². The van der Waals surface area contributed by atoms with E-state index in [0.717, 1.165) is 0 Å². The van der Waals surface area contributed by atoms with E-state index in [1.54, 1.807) is 0 Å². The van der Waals surface area contributed by atoms with Crippen LogP contribution in [-0.2, 0) is 12.8 Å². The summed E-state index contributed by atoms with van der Waals surface area (Å²) in [6.07, 6.45) is 11.5. The van der Waals surface area contributed by atoms with E-state index in [1.807, 2.05) is 22.7 Å². The van der Waals surface area contributed by atoms with Crippen LogP contribution in [0.3, 0.4) is 0 Å². The third kappa shape index (κ3) is 5.07. The zero-order valence-corrected chi connectivity index (χ0v) is 23.7. The van der Waals surface area contributed by atoms with Crippen molar-refractivity contribution in [1.82, 2.24) is 0 Å². The second-order valence-electron chi connectivity index (χ2n) is 10.6. The fourth-order valence-electron chi connectivity index (χ4n) is 5.59. The molecule has 0 aliphatic carbocycles. The summed E-state index contributed by atoms with van der Waals surface area (Å²) >= 11 is 3.92. The molecule has 0 spiro atoms. The SMILES string of the molecule is CCCCCCc1ccc2cc3sc4c5cc(-c6ccc(CCCCC)cc6)ccc5sc4c3cc2c1. The van der Waals surface area contributed by atoms with Gasteiger partial charge in [0.2, 0.25) is 0 Å². The summed E-state index contributed by atoms with van der Waals surface area (Å²) in [5.41, 5.74) is 5.57. The number of fused-ring (bicyclic) bond motifs is 6. The minimum atomic E-state index is 1.19. The molecular weight excluding hydrogens is 485 g/mol. The highest BCUT2D eigenvalue weighted by Gasteiger charge is 2.14. The average molecular weight is 521 g/mol. The minimum absolute atomic E-state index is 1.19. The number of unbranched alkanes of at least 4 members (excludes halogenated alkanes) is 5. The van der Waals surface area contributed by atoms with Crippen LogP contribution in [0.25, 0.3) is 51.5 Å². The van der Waals surface area contributed by atoms with Gasteiger partial charge in [-0.05, 0) is 83.0 Å². The van der Waals surface area contributed by atoms with Gasteiger partial charge in [-0.15, -0.1) is 22.7 Å². The molecular formula is C35H36S2. The van der Waals surface area contributed by atoms with E-state index in [4.69, 9.17) is 0 Å². The van der Waals surface area contributed by atoms with Gasteiger partial charge in [0.25, 0.3) is 0 Å². The molecule has 188 valence electrons. The topological polar surface area (TPSA) is 0 Å². The molecule has 0 nitrogen and oxygen atoms in total.